The number of carbonyl (C=O) groups is 5. The Bertz CT molecular complexity index is 811. The normalized spacial score (nSPS) is 14.0. The number of rotatable bonds is 8. The number of hydrogen-bond acceptors (Lipinski definition) is 5. The molecule has 10 heteroatoms. The van der Waals surface area contributed by atoms with Crippen molar-refractivity contribution in [3.63, 3.8) is 0 Å². The van der Waals surface area contributed by atoms with Gasteiger partial charge in [0.15, 0.2) is 0 Å². The molecule has 4 N–H and O–H groups in total. The van der Waals surface area contributed by atoms with E-state index in [1.165, 1.54) is 15.4 Å². The maximum Gasteiger partial charge on any atom is 0.326 e. The van der Waals surface area contributed by atoms with Crippen LogP contribution in [0.5, 0.6) is 0 Å². The molecule has 1 unspecified atom stereocenters. The number of primary amides is 1. The number of benzene rings is 1. The number of nitrogens with two attached hydrogens (primary N) is 1. The molecule has 10 nitrogen and oxygen atoms in total. The zero-order valence-electron chi connectivity index (χ0n) is 17.5. The zero-order valence-corrected chi connectivity index (χ0v) is 17.5. The summed E-state index contributed by atoms with van der Waals surface area (Å²) in [6.07, 6.45) is 0.788. The van der Waals surface area contributed by atoms with Crippen molar-refractivity contribution in [2.24, 2.45) is 5.73 Å². The lowest BCUT2D eigenvalue weighted by Crippen LogP contribution is -2.55. The number of amides is 4. The highest BCUT2D eigenvalue weighted by atomic mass is 16.4. The summed E-state index contributed by atoms with van der Waals surface area (Å²) < 4.78 is 0. The van der Waals surface area contributed by atoms with E-state index in [9.17, 15) is 24.0 Å². The molecule has 1 fully saturated rings. The number of piperazine rings is 1. The van der Waals surface area contributed by atoms with E-state index in [1.807, 2.05) is 18.2 Å². The fourth-order valence-corrected chi connectivity index (χ4v) is 2.68. The van der Waals surface area contributed by atoms with E-state index in [4.69, 9.17) is 10.8 Å². The molecule has 0 saturated carbocycles. The molecule has 1 saturated heterocycles. The minimum atomic E-state index is -1.29. The first kappa shape index (κ1) is 25.3. The Kier molecular flexibility index (Phi) is 10.5. The molecule has 1 atom stereocenters. The lowest BCUT2D eigenvalue weighted by atomic mass is 10.1. The van der Waals surface area contributed by atoms with Gasteiger partial charge in [-0.3, -0.25) is 19.2 Å². The van der Waals surface area contributed by atoms with E-state index in [2.05, 4.69) is 31.0 Å². The number of carboxylic acids is 1. The van der Waals surface area contributed by atoms with Crippen LogP contribution in [0.25, 0.3) is 0 Å². The van der Waals surface area contributed by atoms with Crippen molar-refractivity contribution in [3.05, 3.63) is 48.6 Å². The van der Waals surface area contributed by atoms with E-state index in [0.717, 1.165) is 6.08 Å². The van der Waals surface area contributed by atoms with Crippen molar-refractivity contribution in [1.82, 2.24) is 15.1 Å². The molecule has 1 aromatic carbocycles. The topological polar surface area (TPSA) is 150 Å². The van der Waals surface area contributed by atoms with Gasteiger partial charge in [0.25, 0.3) is 0 Å². The van der Waals surface area contributed by atoms with E-state index in [0.29, 0.717) is 0 Å². The fourth-order valence-electron chi connectivity index (χ4n) is 2.68. The Morgan fingerprint density at radius 3 is 2.32 bits per heavy atom. The molecule has 1 aliphatic rings. The van der Waals surface area contributed by atoms with E-state index in [-0.39, 0.29) is 44.9 Å². The highest BCUT2D eigenvalue weighted by molar-refractivity contribution is 5.93. The molecule has 0 aliphatic carbocycles. The van der Waals surface area contributed by atoms with Gasteiger partial charge < -0.3 is 26.0 Å². The largest absolute Gasteiger partial charge is 0.480 e. The number of carbonyl (C=O) groups excluding carboxylic acids is 4. The van der Waals surface area contributed by atoms with Crippen LogP contribution in [0.15, 0.2) is 43.0 Å². The van der Waals surface area contributed by atoms with E-state index >= 15 is 0 Å². The Hall–Kier alpha value is -3.69. The number of nitrogens with one attached hydrogen (secondary N) is 1. The molecular formula is C21H28N4O6. The Balaban J connectivity index is 0.000000577. The van der Waals surface area contributed by atoms with Crippen LogP contribution < -0.4 is 11.1 Å². The molecule has 1 heterocycles. The van der Waals surface area contributed by atoms with Gasteiger partial charge >= 0.3 is 5.97 Å². The number of aliphatic carboxylic acids is 1. The molecule has 0 bridgehead atoms. The molecule has 4 amide bonds. The monoisotopic (exact) mass is 432 g/mol. The third kappa shape index (κ3) is 9.57. The maximum absolute atomic E-state index is 11.9. The van der Waals surface area contributed by atoms with Crippen LogP contribution in [0.4, 0.5) is 0 Å². The fraction of sp³-hybridized carbons (Fsp3) is 0.381. The molecule has 0 spiro atoms. The van der Waals surface area contributed by atoms with Gasteiger partial charge in [-0.05, 0) is 19.4 Å². The Morgan fingerprint density at radius 1 is 1.23 bits per heavy atom. The van der Waals surface area contributed by atoms with Crippen molar-refractivity contribution in [2.75, 3.05) is 26.2 Å². The summed E-state index contributed by atoms with van der Waals surface area (Å²) in [6, 6.07) is 9.00. The Morgan fingerprint density at radius 2 is 1.87 bits per heavy atom. The average molecular weight is 432 g/mol. The first-order valence-electron chi connectivity index (χ1n) is 9.65. The smallest absolute Gasteiger partial charge is 0.326 e. The van der Waals surface area contributed by atoms with Crippen molar-refractivity contribution in [1.29, 1.82) is 0 Å². The SMILES string of the molecule is C=CC(=O)N1CCN(CC(=O)NC(CCC(N)=O)C(=O)O)C(=O)C1.Cc1ccccc1. The van der Waals surface area contributed by atoms with Gasteiger partial charge in [-0.2, -0.15) is 0 Å². The van der Waals surface area contributed by atoms with Crippen LogP contribution in [0.3, 0.4) is 0 Å². The number of carboxylic acid groups (broad SMARTS) is 1. The zero-order chi connectivity index (χ0) is 23.4. The van der Waals surface area contributed by atoms with Crippen LogP contribution in [0.1, 0.15) is 18.4 Å². The van der Waals surface area contributed by atoms with Crippen LogP contribution >= 0.6 is 0 Å². The van der Waals surface area contributed by atoms with E-state index in [1.54, 1.807) is 0 Å². The van der Waals surface area contributed by atoms with Gasteiger partial charge in [0.2, 0.25) is 23.6 Å². The molecular weight excluding hydrogens is 404 g/mol. The predicted octanol–water partition coefficient (Wildman–Crippen LogP) is -0.327. The second-order valence-corrected chi connectivity index (χ2v) is 6.90. The second kappa shape index (κ2) is 12.8. The predicted molar refractivity (Wildman–Crippen MR) is 113 cm³/mol. The van der Waals surface area contributed by atoms with Crippen molar-refractivity contribution < 1.29 is 29.1 Å². The van der Waals surface area contributed by atoms with Crippen LogP contribution in [0.2, 0.25) is 0 Å². The highest BCUT2D eigenvalue weighted by Crippen LogP contribution is 2.05. The first-order valence-corrected chi connectivity index (χ1v) is 9.65. The third-order valence-electron chi connectivity index (χ3n) is 4.39. The van der Waals surface area contributed by atoms with E-state index < -0.39 is 29.7 Å². The third-order valence-corrected chi connectivity index (χ3v) is 4.39. The molecule has 1 aromatic rings. The van der Waals surface area contributed by atoms with Gasteiger partial charge in [0.05, 0.1) is 6.54 Å². The molecule has 2 rings (SSSR count). The van der Waals surface area contributed by atoms with Gasteiger partial charge in [-0.15, -0.1) is 0 Å². The quantitative estimate of drug-likeness (QED) is 0.479. The van der Waals surface area contributed by atoms with Crippen LogP contribution in [-0.2, 0) is 24.0 Å². The first-order chi connectivity index (χ1) is 14.6. The lowest BCUT2D eigenvalue weighted by Gasteiger charge is -2.33. The van der Waals surface area contributed by atoms with Crippen molar-refractivity contribution in [3.8, 4) is 0 Å². The summed E-state index contributed by atoms with van der Waals surface area (Å²) in [6.45, 7) is 5.35. The van der Waals surface area contributed by atoms with Gasteiger partial charge in [0.1, 0.15) is 12.6 Å². The summed E-state index contributed by atoms with van der Waals surface area (Å²) in [5.74, 6) is -3.42. The van der Waals surface area contributed by atoms with Crippen LogP contribution in [-0.4, -0.2) is 76.7 Å². The number of aryl methyl sites for hydroxylation is 1. The Labute approximate surface area is 180 Å². The van der Waals surface area contributed by atoms with Gasteiger partial charge in [-0.25, -0.2) is 4.79 Å². The number of nitrogens with zero attached hydrogens (tertiary/aromatic N) is 2. The molecule has 0 radical (unpaired) electrons. The molecule has 0 aromatic heterocycles. The minimum Gasteiger partial charge on any atom is -0.480 e. The molecule has 1 aliphatic heterocycles. The summed E-state index contributed by atoms with van der Waals surface area (Å²) in [5, 5.41) is 11.3. The second-order valence-electron chi connectivity index (χ2n) is 6.90. The maximum atomic E-state index is 11.9. The van der Waals surface area contributed by atoms with Gasteiger partial charge in [0, 0.05) is 19.5 Å². The minimum absolute atomic E-state index is 0.133. The van der Waals surface area contributed by atoms with Crippen molar-refractivity contribution >= 4 is 29.6 Å². The highest BCUT2D eigenvalue weighted by Gasteiger charge is 2.28. The molecule has 168 valence electrons. The summed E-state index contributed by atoms with van der Waals surface area (Å²) in [4.78, 5) is 59.6. The van der Waals surface area contributed by atoms with Gasteiger partial charge in [-0.1, -0.05) is 42.5 Å². The standard InChI is InChI=1S/C14H20N4O6.C7H8/c1-2-12(21)18-6-5-17(13(22)8-18)7-11(20)16-9(14(23)24)3-4-10(15)19;1-7-5-3-2-4-6-7/h2,9H,1,3-8H2,(H2,15,19)(H,16,20)(H,23,24);2-6H,1H3. The summed E-state index contributed by atoms with van der Waals surface area (Å²) in [5.41, 5.74) is 6.27. The average Bonchev–Trinajstić information content (AvgIpc) is 2.72. The lowest BCUT2D eigenvalue weighted by molar-refractivity contribution is -0.146. The molecule has 31 heavy (non-hydrogen) atoms. The summed E-state index contributed by atoms with van der Waals surface area (Å²) >= 11 is 0. The van der Waals surface area contributed by atoms with Crippen molar-refractivity contribution in [2.45, 2.75) is 25.8 Å². The summed E-state index contributed by atoms with van der Waals surface area (Å²) in [7, 11) is 0. The van der Waals surface area contributed by atoms with Crippen LogP contribution in [0, 0.1) is 6.92 Å². The number of hydrogen-bond donors (Lipinski definition) is 3.